The first-order valence-corrected chi connectivity index (χ1v) is 8.80. The molecular weight excluding hydrogens is 344 g/mol. The summed E-state index contributed by atoms with van der Waals surface area (Å²) < 4.78 is 16.4. The molecule has 6 nitrogen and oxygen atoms in total. The van der Waals surface area contributed by atoms with Gasteiger partial charge in [0.05, 0.1) is 31.9 Å². The molecule has 2 aromatic rings. The quantitative estimate of drug-likeness (QED) is 0.784. The van der Waals surface area contributed by atoms with Crippen molar-refractivity contribution in [1.82, 2.24) is 4.90 Å². The first kappa shape index (κ1) is 18.6. The Kier molecular flexibility index (Phi) is 5.82. The lowest BCUT2D eigenvalue weighted by Crippen LogP contribution is -2.34. The summed E-state index contributed by atoms with van der Waals surface area (Å²) in [7, 11) is 3.25. The third-order valence-corrected chi connectivity index (χ3v) is 4.71. The van der Waals surface area contributed by atoms with E-state index in [4.69, 9.17) is 19.5 Å². The van der Waals surface area contributed by atoms with Gasteiger partial charge in [-0.15, -0.1) is 0 Å². The average molecular weight is 366 g/mol. The van der Waals surface area contributed by atoms with Crippen LogP contribution in [0, 0.1) is 11.3 Å². The molecule has 0 radical (unpaired) electrons. The molecule has 0 unspecified atom stereocenters. The summed E-state index contributed by atoms with van der Waals surface area (Å²) in [6, 6.07) is 14.3. The van der Waals surface area contributed by atoms with E-state index in [1.165, 1.54) is 0 Å². The number of rotatable bonds is 6. The van der Waals surface area contributed by atoms with Crippen molar-refractivity contribution in [1.29, 1.82) is 5.26 Å². The molecule has 27 heavy (non-hydrogen) atoms. The number of hydrogen-bond donors (Lipinski definition) is 0. The Bertz CT molecular complexity index is 842. The zero-order valence-electron chi connectivity index (χ0n) is 15.5. The molecule has 6 heteroatoms. The van der Waals surface area contributed by atoms with E-state index in [0.717, 1.165) is 29.9 Å². The summed E-state index contributed by atoms with van der Waals surface area (Å²) in [5, 5.41) is 8.84. The van der Waals surface area contributed by atoms with E-state index in [1.54, 1.807) is 38.5 Å². The van der Waals surface area contributed by atoms with E-state index >= 15 is 0 Å². The number of hydrogen-bond acceptors (Lipinski definition) is 5. The predicted octanol–water partition coefficient (Wildman–Crippen LogP) is 3.32. The van der Waals surface area contributed by atoms with Gasteiger partial charge in [-0.2, -0.15) is 5.26 Å². The van der Waals surface area contributed by atoms with Gasteiger partial charge in [-0.3, -0.25) is 4.79 Å². The van der Waals surface area contributed by atoms with E-state index in [1.807, 2.05) is 23.1 Å². The highest BCUT2D eigenvalue weighted by Gasteiger charge is 2.32. The normalized spacial score (nSPS) is 15.9. The molecule has 1 aliphatic heterocycles. The van der Waals surface area contributed by atoms with Crippen molar-refractivity contribution < 1.29 is 19.0 Å². The Morgan fingerprint density at radius 2 is 1.89 bits per heavy atom. The molecule has 2 aromatic carbocycles. The molecule has 1 atom stereocenters. The summed E-state index contributed by atoms with van der Waals surface area (Å²) in [6.45, 7) is 0.634. The van der Waals surface area contributed by atoms with E-state index < -0.39 is 0 Å². The predicted molar refractivity (Wildman–Crippen MR) is 99.9 cm³/mol. The van der Waals surface area contributed by atoms with Crippen LogP contribution in [0.3, 0.4) is 0 Å². The fourth-order valence-corrected chi connectivity index (χ4v) is 3.34. The molecule has 3 rings (SSSR count). The van der Waals surface area contributed by atoms with Gasteiger partial charge in [0.15, 0.2) is 6.61 Å². The molecule has 140 valence electrons. The highest BCUT2D eigenvalue weighted by atomic mass is 16.5. The Morgan fingerprint density at radius 1 is 1.15 bits per heavy atom. The van der Waals surface area contributed by atoms with Crippen molar-refractivity contribution in [3.63, 3.8) is 0 Å². The molecule has 1 amide bonds. The molecule has 0 aromatic heterocycles. The van der Waals surface area contributed by atoms with Crippen molar-refractivity contribution in [2.24, 2.45) is 0 Å². The maximum Gasteiger partial charge on any atom is 0.261 e. The van der Waals surface area contributed by atoms with Gasteiger partial charge < -0.3 is 19.1 Å². The van der Waals surface area contributed by atoms with Crippen LogP contribution < -0.4 is 14.2 Å². The number of amides is 1. The topological polar surface area (TPSA) is 71.8 Å². The number of carbonyl (C=O) groups excluding carboxylic acids is 1. The highest BCUT2D eigenvalue weighted by molar-refractivity contribution is 5.78. The van der Waals surface area contributed by atoms with E-state index in [0.29, 0.717) is 17.9 Å². The first-order chi connectivity index (χ1) is 13.2. The smallest absolute Gasteiger partial charge is 0.261 e. The number of nitriles is 1. The van der Waals surface area contributed by atoms with Crippen LogP contribution >= 0.6 is 0 Å². The summed E-state index contributed by atoms with van der Waals surface area (Å²) >= 11 is 0. The summed E-state index contributed by atoms with van der Waals surface area (Å²) in [5.74, 6) is 1.97. The molecule has 1 aliphatic rings. The molecule has 1 fully saturated rings. The lowest BCUT2D eigenvalue weighted by Gasteiger charge is -2.26. The zero-order valence-corrected chi connectivity index (χ0v) is 15.5. The third kappa shape index (κ3) is 4.14. The van der Waals surface area contributed by atoms with Crippen LogP contribution in [-0.2, 0) is 4.79 Å². The van der Waals surface area contributed by atoms with Gasteiger partial charge in [-0.25, -0.2) is 0 Å². The largest absolute Gasteiger partial charge is 0.497 e. The minimum atomic E-state index is -0.0771. The third-order valence-electron chi connectivity index (χ3n) is 4.71. The zero-order chi connectivity index (χ0) is 19.2. The van der Waals surface area contributed by atoms with Crippen molar-refractivity contribution in [2.45, 2.75) is 18.9 Å². The molecule has 0 bridgehead atoms. The molecule has 0 aliphatic carbocycles. The SMILES string of the molecule is COc1ccc(OC)c([C@H]2CCCN2C(=O)COc2ccc(C#N)cc2)c1. The lowest BCUT2D eigenvalue weighted by atomic mass is 10.0. The monoisotopic (exact) mass is 366 g/mol. The van der Waals surface area contributed by atoms with Crippen LogP contribution in [-0.4, -0.2) is 38.2 Å². The lowest BCUT2D eigenvalue weighted by molar-refractivity contribution is -0.134. The van der Waals surface area contributed by atoms with Crippen LogP contribution in [0.25, 0.3) is 0 Å². The van der Waals surface area contributed by atoms with E-state index in [-0.39, 0.29) is 18.6 Å². The maximum atomic E-state index is 12.8. The van der Waals surface area contributed by atoms with Crippen LogP contribution in [0.2, 0.25) is 0 Å². The Hall–Kier alpha value is -3.20. The second-order valence-electron chi connectivity index (χ2n) is 6.28. The molecule has 1 heterocycles. The van der Waals surface area contributed by atoms with Gasteiger partial charge >= 0.3 is 0 Å². The number of carbonyl (C=O) groups is 1. The number of benzene rings is 2. The first-order valence-electron chi connectivity index (χ1n) is 8.80. The van der Waals surface area contributed by atoms with Crippen LogP contribution in [0.15, 0.2) is 42.5 Å². The van der Waals surface area contributed by atoms with Gasteiger partial charge in [-0.1, -0.05) is 0 Å². The van der Waals surface area contributed by atoms with Gasteiger partial charge in [-0.05, 0) is 55.3 Å². The van der Waals surface area contributed by atoms with Gasteiger partial charge in [0.2, 0.25) is 0 Å². The second kappa shape index (κ2) is 8.45. The number of nitrogens with zero attached hydrogens (tertiary/aromatic N) is 2. The number of methoxy groups -OCH3 is 2. The molecule has 0 saturated carbocycles. The average Bonchev–Trinajstić information content (AvgIpc) is 3.21. The molecule has 1 saturated heterocycles. The second-order valence-corrected chi connectivity index (χ2v) is 6.28. The molecular formula is C21H22N2O4. The Balaban J connectivity index is 1.72. The van der Waals surface area contributed by atoms with Crippen molar-refractivity contribution in [3.05, 3.63) is 53.6 Å². The van der Waals surface area contributed by atoms with Crippen molar-refractivity contribution >= 4 is 5.91 Å². The highest BCUT2D eigenvalue weighted by Crippen LogP contribution is 2.38. The van der Waals surface area contributed by atoms with Crippen LogP contribution in [0.1, 0.15) is 30.0 Å². The van der Waals surface area contributed by atoms with Gasteiger partial charge in [0.1, 0.15) is 17.2 Å². The number of ether oxygens (including phenoxy) is 3. The summed E-state index contributed by atoms with van der Waals surface area (Å²) in [4.78, 5) is 14.6. The fourth-order valence-electron chi connectivity index (χ4n) is 3.34. The van der Waals surface area contributed by atoms with E-state index in [9.17, 15) is 4.79 Å². The fraction of sp³-hybridized carbons (Fsp3) is 0.333. The van der Waals surface area contributed by atoms with Gasteiger partial charge in [0, 0.05) is 12.1 Å². The van der Waals surface area contributed by atoms with Crippen LogP contribution in [0.5, 0.6) is 17.2 Å². The number of likely N-dealkylation sites (tertiary alicyclic amines) is 1. The van der Waals surface area contributed by atoms with Gasteiger partial charge in [0.25, 0.3) is 5.91 Å². The standard InChI is InChI=1S/C21H22N2O4/c1-25-17-9-10-20(26-2)18(12-17)19-4-3-11-23(19)21(24)14-27-16-7-5-15(13-22)6-8-16/h5-10,12,19H,3-4,11,14H2,1-2H3/t19-/m1/s1. The molecule has 0 N–H and O–H groups in total. The van der Waals surface area contributed by atoms with Crippen molar-refractivity contribution in [3.8, 4) is 23.3 Å². The Morgan fingerprint density at radius 3 is 2.56 bits per heavy atom. The Labute approximate surface area is 158 Å². The minimum absolute atomic E-state index is 0.0469. The molecule has 0 spiro atoms. The summed E-state index contributed by atoms with van der Waals surface area (Å²) in [5.41, 5.74) is 1.50. The van der Waals surface area contributed by atoms with Crippen molar-refractivity contribution in [2.75, 3.05) is 27.4 Å². The summed E-state index contributed by atoms with van der Waals surface area (Å²) in [6.07, 6.45) is 1.79. The minimum Gasteiger partial charge on any atom is -0.497 e. The van der Waals surface area contributed by atoms with Crippen LogP contribution in [0.4, 0.5) is 0 Å². The van der Waals surface area contributed by atoms with E-state index in [2.05, 4.69) is 6.07 Å². The maximum absolute atomic E-state index is 12.8.